The maximum absolute atomic E-state index is 13.2. The van der Waals surface area contributed by atoms with Gasteiger partial charge in [-0.3, -0.25) is 4.90 Å². The number of likely N-dealkylation sites (N-methyl/N-ethyl adjacent to an activating group) is 1. The molecule has 0 aliphatic heterocycles. The van der Waals surface area contributed by atoms with E-state index in [2.05, 4.69) is 27.8 Å². The monoisotopic (exact) mass is 328 g/mol. The van der Waals surface area contributed by atoms with Gasteiger partial charge in [-0.05, 0) is 43.0 Å². The van der Waals surface area contributed by atoms with E-state index in [-0.39, 0.29) is 11.9 Å². The molecule has 1 atom stereocenters. The molecule has 0 aromatic heterocycles. The molecule has 0 amide bonds. The van der Waals surface area contributed by atoms with E-state index < -0.39 is 0 Å². The van der Waals surface area contributed by atoms with Crippen LogP contribution in [0.5, 0.6) is 0 Å². The van der Waals surface area contributed by atoms with E-state index in [1.807, 2.05) is 6.07 Å². The summed E-state index contributed by atoms with van der Waals surface area (Å²) in [6, 6.07) is 5.05. The van der Waals surface area contributed by atoms with Crippen LogP contribution in [0.15, 0.2) is 22.7 Å². The fourth-order valence-electron chi connectivity index (χ4n) is 2.73. The second kappa shape index (κ2) is 6.82. The van der Waals surface area contributed by atoms with Crippen molar-refractivity contribution < 1.29 is 4.39 Å². The second-order valence-corrected chi connectivity index (χ2v) is 6.16. The number of halogens is 2. The van der Waals surface area contributed by atoms with E-state index in [1.165, 1.54) is 31.4 Å². The van der Waals surface area contributed by atoms with Gasteiger partial charge in [0.15, 0.2) is 0 Å². The van der Waals surface area contributed by atoms with Gasteiger partial charge in [0.05, 0.1) is 0 Å². The normalized spacial score (nSPS) is 17.5. The van der Waals surface area contributed by atoms with Crippen molar-refractivity contribution in [2.75, 3.05) is 19.6 Å². The maximum Gasteiger partial charge on any atom is 0.124 e. The van der Waals surface area contributed by atoms with Crippen molar-refractivity contribution in [3.05, 3.63) is 34.1 Å². The minimum Gasteiger partial charge on any atom is -0.329 e. The highest BCUT2D eigenvalue weighted by Gasteiger charge is 2.25. The first-order valence-electron chi connectivity index (χ1n) is 7.04. The molecule has 0 saturated heterocycles. The van der Waals surface area contributed by atoms with Crippen LogP contribution in [0.1, 0.15) is 37.8 Å². The Bertz CT molecular complexity index is 421. The molecule has 1 aliphatic rings. The summed E-state index contributed by atoms with van der Waals surface area (Å²) in [5.74, 6) is 0.599. The lowest BCUT2D eigenvalue weighted by Crippen LogP contribution is -2.38. The predicted molar refractivity (Wildman–Crippen MR) is 80.5 cm³/mol. The molecule has 1 unspecified atom stereocenters. The van der Waals surface area contributed by atoms with Gasteiger partial charge in [0, 0.05) is 23.6 Å². The first kappa shape index (κ1) is 14.9. The summed E-state index contributed by atoms with van der Waals surface area (Å²) in [5, 5.41) is 0. The van der Waals surface area contributed by atoms with E-state index in [9.17, 15) is 4.39 Å². The summed E-state index contributed by atoms with van der Waals surface area (Å²) in [6.07, 6.45) is 4.02. The van der Waals surface area contributed by atoms with Crippen LogP contribution >= 0.6 is 15.9 Å². The Kier molecular flexibility index (Phi) is 5.37. The summed E-state index contributed by atoms with van der Waals surface area (Å²) in [4.78, 5) is 2.42. The Balaban J connectivity index is 2.15. The Morgan fingerprint density at radius 1 is 1.47 bits per heavy atom. The Morgan fingerprint density at radius 2 is 2.21 bits per heavy atom. The largest absolute Gasteiger partial charge is 0.329 e. The number of benzene rings is 1. The Morgan fingerprint density at radius 3 is 2.68 bits per heavy atom. The molecule has 0 spiro atoms. The third-order valence-electron chi connectivity index (χ3n) is 4.11. The summed E-state index contributed by atoms with van der Waals surface area (Å²) in [7, 11) is 0. The van der Waals surface area contributed by atoms with Gasteiger partial charge in [0.1, 0.15) is 5.82 Å². The Labute approximate surface area is 123 Å². The summed E-state index contributed by atoms with van der Waals surface area (Å²) in [6.45, 7) is 4.80. The first-order chi connectivity index (χ1) is 9.15. The number of hydrogen-bond donors (Lipinski definition) is 1. The van der Waals surface area contributed by atoms with Crippen molar-refractivity contribution in [1.82, 2.24) is 4.90 Å². The van der Waals surface area contributed by atoms with Crippen LogP contribution in [0, 0.1) is 11.7 Å². The van der Waals surface area contributed by atoms with Crippen LogP contribution in [0.4, 0.5) is 4.39 Å². The van der Waals surface area contributed by atoms with Gasteiger partial charge in [0.2, 0.25) is 0 Å². The molecular formula is C15H22BrFN2. The number of rotatable bonds is 6. The van der Waals surface area contributed by atoms with Gasteiger partial charge in [-0.2, -0.15) is 0 Å². The molecule has 106 valence electrons. The number of nitrogens with zero attached hydrogens (tertiary/aromatic N) is 1. The summed E-state index contributed by atoms with van der Waals surface area (Å²) < 4.78 is 14.0. The van der Waals surface area contributed by atoms with E-state index in [4.69, 9.17) is 5.73 Å². The van der Waals surface area contributed by atoms with Crippen molar-refractivity contribution >= 4 is 15.9 Å². The minimum absolute atomic E-state index is 0.167. The van der Waals surface area contributed by atoms with Crippen LogP contribution in [0.2, 0.25) is 0 Å². The molecule has 2 N–H and O–H groups in total. The molecule has 4 heteroatoms. The lowest BCUT2D eigenvalue weighted by molar-refractivity contribution is 0.141. The SMILES string of the molecule is CCN(CC1CCC1)C(CN)c1ccc(F)cc1Br. The molecule has 0 bridgehead atoms. The van der Waals surface area contributed by atoms with Gasteiger partial charge in [-0.15, -0.1) is 0 Å². The third kappa shape index (κ3) is 3.56. The average molecular weight is 329 g/mol. The molecule has 19 heavy (non-hydrogen) atoms. The van der Waals surface area contributed by atoms with Crippen molar-refractivity contribution in [3.8, 4) is 0 Å². The van der Waals surface area contributed by atoms with Gasteiger partial charge >= 0.3 is 0 Å². The molecular weight excluding hydrogens is 307 g/mol. The van der Waals surface area contributed by atoms with Gasteiger partial charge in [-0.1, -0.05) is 35.3 Å². The minimum atomic E-state index is -0.214. The van der Waals surface area contributed by atoms with Gasteiger partial charge in [0.25, 0.3) is 0 Å². The zero-order valence-electron chi connectivity index (χ0n) is 11.4. The van der Waals surface area contributed by atoms with E-state index in [1.54, 1.807) is 0 Å². The molecule has 0 radical (unpaired) electrons. The van der Waals surface area contributed by atoms with E-state index >= 15 is 0 Å². The zero-order chi connectivity index (χ0) is 13.8. The molecule has 1 aliphatic carbocycles. The van der Waals surface area contributed by atoms with Crippen LogP contribution < -0.4 is 5.73 Å². The van der Waals surface area contributed by atoms with Gasteiger partial charge in [-0.25, -0.2) is 4.39 Å². The average Bonchev–Trinajstić information content (AvgIpc) is 2.33. The highest BCUT2D eigenvalue weighted by atomic mass is 79.9. The van der Waals surface area contributed by atoms with Crippen LogP contribution in [-0.4, -0.2) is 24.5 Å². The van der Waals surface area contributed by atoms with Crippen molar-refractivity contribution in [1.29, 1.82) is 0 Å². The topological polar surface area (TPSA) is 29.3 Å². The second-order valence-electron chi connectivity index (χ2n) is 5.30. The van der Waals surface area contributed by atoms with E-state index in [0.29, 0.717) is 6.54 Å². The van der Waals surface area contributed by atoms with Crippen molar-refractivity contribution in [2.45, 2.75) is 32.2 Å². The fourth-order valence-corrected chi connectivity index (χ4v) is 3.34. The lowest BCUT2D eigenvalue weighted by Gasteiger charge is -2.36. The summed E-state index contributed by atoms with van der Waals surface area (Å²) >= 11 is 3.46. The molecule has 1 saturated carbocycles. The quantitative estimate of drug-likeness (QED) is 0.862. The maximum atomic E-state index is 13.2. The standard InChI is InChI=1S/C15H22BrFN2/c1-2-19(10-11-4-3-5-11)15(9-18)13-7-6-12(17)8-14(13)16/h6-8,11,15H,2-5,9-10,18H2,1H3. The Hall–Kier alpha value is -0.450. The smallest absolute Gasteiger partial charge is 0.124 e. The van der Waals surface area contributed by atoms with Crippen LogP contribution in [0.3, 0.4) is 0 Å². The molecule has 0 heterocycles. The van der Waals surface area contributed by atoms with Gasteiger partial charge < -0.3 is 5.73 Å². The summed E-state index contributed by atoms with van der Waals surface area (Å²) in [5.41, 5.74) is 7.06. The highest BCUT2D eigenvalue weighted by Crippen LogP contribution is 2.32. The number of hydrogen-bond acceptors (Lipinski definition) is 2. The molecule has 1 aromatic rings. The molecule has 2 rings (SSSR count). The third-order valence-corrected chi connectivity index (χ3v) is 4.80. The van der Waals surface area contributed by atoms with Crippen molar-refractivity contribution in [2.24, 2.45) is 11.7 Å². The first-order valence-corrected chi connectivity index (χ1v) is 7.84. The van der Waals surface area contributed by atoms with Crippen LogP contribution in [0.25, 0.3) is 0 Å². The predicted octanol–water partition coefficient (Wildman–Crippen LogP) is 3.71. The highest BCUT2D eigenvalue weighted by molar-refractivity contribution is 9.10. The van der Waals surface area contributed by atoms with Crippen molar-refractivity contribution in [3.63, 3.8) is 0 Å². The van der Waals surface area contributed by atoms with Crippen LogP contribution in [-0.2, 0) is 0 Å². The number of nitrogens with two attached hydrogens (primary N) is 1. The lowest BCUT2D eigenvalue weighted by atomic mass is 9.84. The fraction of sp³-hybridized carbons (Fsp3) is 0.600. The van der Waals surface area contributed by atoms with E-state index in [0.717, 1.165) is 29.0 Å². The zero-order valence-corrected chi connectivity index (χ0v) is 13.0. The molecule has 1 aromatic carbocycles. The molecule has 1 fully saturated rings. The molecule has 2 nitrogen and oxygen atoms in total.